The van der Waals surface area contributed by atoms with E-state index in [0.717, 1.165) is 11.4 Å². The Labute approximate surface area is 102 Å². The second-order valence-electron chi connectivity index (χ2n) is 4.29. The highest BCUT2D eigenvalue weighted by Crippen LogP contribution is 2.22. The fourth-order valence-corrected chi connectivity index (χ4v) is 1.56. The third kappa shape index (κ3) is 3.25. The van der Waals surface area contributed by atoms with E-state index in [1.165, 1.54) is 5.56 Å². The summed E-state index contributed by atoms with van der Waals surface area (Å²) in [4.78, 5) is 0. The van der Waals surface area contributed by atoms with E-state index in [9.17, 15) is 0 Å². The Morgan fingerprint density at radius 3 is 2.12 bits per heavy atom. The van der Waals surface area contributed by atoms with Gasteiger partial charge >= 0.3 is 0 Å². The van der Waals surface area contributed by atoms with E-state index in [2.05, 4.69) is 36.2 Å². The Kier molecular flexibility index (Phi) is 3.66. The molecule has 86 valence electrons. The molecule has 0 aliphatic heterocycles. The molecule has 17 heavy (non-hydrogen) atoms. The molecule has 0 fully saturated rings. The van der Waals surface area contributed by atoms with Gasteiger partial charge in [-0.05, 0) is 35.7 Å². The molecule has 2 rings (SSSR count). The van der Waals surface area contributed by atoms with Crippen LogP contribution in [0.5, 0.6) is 0 Å². The third-order valence-corrected chi connectivity index (χ3v) is 2.57. The van der Waals surface area contributed by atoms with Gasteiger partial charge in [-0.1, -0.05) is 44.2 Å². The van der Waals surface area contributed by atoms with Crippen molar-refractivity contribution in [3.05, 3.63) is 60.2 Å². The Morgan fingerprint density at radius 1 is 0.765 bits per heavy atom. The summed E-state index contributed by atoms with van der Waals surface area (Å²) in [6.45, 7) is 4.35. The van der Waals surface area contributed by atoms with E-state index >= 15 is 0 Å². The van der Waals surface area contributed by atoms with Crippen LogP contribution in [0.15, 0.2) is 64.8 Å². The molecule has 0 aromatic heterocycles. The second-order valence-corrected chi connectivity index (χ2v) is 4.29. The predicted octanol–water partition coefficient (Wildman–Crippen LogP) is 5.23. The van der Waals surface area contributed by atoms with Gasteiger partial charge in [-0.25, -0.2) is 0 Å². The normalized spacial score (nSPS) is 11.2. The molecule has 0 unspecified atom stereocenters. The maximum Gasteiger partial charge on any atom is 0.0859 e. The van der Waals surface area contributed by atoms with Crippen molar-refractivity contribution in [3.63, 3.8) is 0 Å². The highest BCUT2D eigenvalue weighted by Gasteiger charge is 1.99. The van der Waals surface area contributed by atoms with Crippen LogP contribution in [0.3, 0.4) is 0 Å². The number of benzene rings is 2. The summed E-state index contributed by atoms with van der Waals surface area (Å²) in [7, 11) is 0. The summed E-state index contributed by atoms with van der Waals surface area (Å²) in [5.74, 6) is 0.516. The summed E-state index contributed by atoms with van der Waals surface area (Å²) in [5, 5.41) is 8.45. The van der Waals surface area contributed by atoms with Gasteiger partial charge in [0, 0.05) is 0 Å². The highest BCUT2D eigenvalue weighted by atomic mass is 15.1. The lowest BCUT2D eigenvalue weighted by Crippen LogP contribution is -1.84. The van der Waals surface area contributed by atoms with Crippen molar-refractivity contribution in [2.75, 3.05) is 0 Å². The zero-order valence-corrected chi connectivity index (χ0v) is 10.2. The molecule has 0 N–H and O–H groups in total. The third-order valence-electron chi connectivity index (χ3n) is 2.57. The first-order valence-corrected chi connectivity index (χ1v) is 5.82. The first-order valence-electron chi connectivity index (χ1n) is 5.82. The molecule has 0 aliphatic carbocycles. The lowest BCUT2D eigenvalue weighted by Gasteiger charge is -2.04. The van der Waals surface area contributed by atoms with Gasteiger partial charge in [-0.15, -0.1) is 0 Å². The van der Waals surface area contributed by atoms with E-state index in [0.29, 0.717) is 5.92 Å². The van der Waals surface area contributed by atoms with Gasteiger partial charge < -0.3 is 0 Å². The van der Waals surface area contributed by atoms with Crippen molar-refractivity contribution < 1.29 is 0 Å². The minimum absolute atomic E-state index is 0.516. The summed E-state index contributed by atoms with van der Waals surface area (Å²) in [5.41, 5.74) is 3.07. The minimum atomic E-state index is 0.516. The molecular weight excluding hydrogens is 208 g/mol. The number of rotatable bonds is 3. The monoisotopic (exact) mass is 224 g/mol. The first-order chi connectivity index (χ1) is 8.25. The van der Waals surface area contributed by atoms with Crippen LogP contribution < -0.4 is 0 Å². The molecule has 2 aromatic rings. The van der Waals surface area contributed by atoms with Crippen molar-refractivity contribution in [1.82, 2.24) is 0 Å². The van der Waals surface area contributed by atoms with Crippen LogP contribution in [0, 0.1) is 0 Å². The summed E-state index contributed by atoms with van der Waals surface area (Å²) in [6, 6.07) is 18.0. The molecule has 0 amide bonds. The van der Waals surface area contributed by atoms with Crippen molar-refractivity contribution in [1.29, 1.82) is 0 Å². The van der Waals surface area contributed by atoms with E-state index < -0.39 is 0 Å². The molecule has 0 bridgehead atoms. The predicted molar refractivity (Wildman–Crippen MR) is 71.1 cm³/mol. The molecule has 2 aromatic carbocycles. The molecule has 2 heteroatoms. The molecule has 0 atom stereocenters. The first kappa shape index (κ1) is 11.5. The lowest BCUT2D eigenvalue weighted by molar-refractivity contribution is 0.866. The summed E-state index contributed by atoms with van der Waals surface area (Å²) >= 11 is 0. The van der Waals surface area contributed by atoms with Crippen molar-refractivity contribution >= 4 is 11.4 Å². The van der Waals surface area contributed by atoms with Gasteiger partial charge in [0.05, 0.1) is 11.4 Å². The lowest BCUT2D eigenvalue weighted by atomic mass is 10.0. The molecule has 0 radical (unpaired) electrons. The standard InChI is InChI=1S/C15H16N2/c1-12(2)13-7-6-10-15(11-13)17-16-14-8-4-3-5-9-14/h3-12H,1-2H3. The Hall–Kier alpha value is -1.96. The van der Waals surface area contributed by atoms with Gasteiger partial charge in [0.1, 0.15) is 0 Å². The van der Waals surface area contributed by atoms with Crippen LogP contribution in [0.2, 0.25) is 0 Å². The summed E-state index contributed by atoms with van der Waals surface area (Å²) < 4.78 is 0. The van der Waals surface area contributed by atoms with E-state index in [1.54, 1.807) is 0 Å². The van der Waals surface area contributed by atoms with Gasteiger partial charge in [0.2, 0.25) is 0 Å². The maximum absolute atomic E-state index is 4.24. The van der Waals surface area contributed by atoms with Gasteiger partial charge in [-0.3, -0.25) is 0 Å². The van der Waals surface area contributed by atoms with Crippen LogP contribution in [-0.4, -0.2) is 0 Å². The Morgan fingerprint density at radius 2 is 1.41 bits per heavy atom. The number of nitrogens with zero attached hydrogens (tertiary/aromatic N) is 2. The Bertz CT molecular complexity index is 501. The highest BCUT2D eigenvalue weighted by molar-refractivity contribution is 5.42. The van der Waals surface area contributed by atoms with Crippen LogP contribution >= 0.6 is 0 Å². The van der Waals surface area contributed by atoms with E-state index in [-0.39, 0.29) is 0 Å². The molecule has 0 saturated heterocycles. The smallest absolute Gasteiger partial charge is 0.0859 e. The Balaban J connectivity index is 2.19. The van der Waals surface area contributed by atoms with Gasteiger partial charge in [0.15, 0.2) is 0 Å². The molecule has 0 heterocycles. The SMILES string of the molecule is CC(C)c1cccc(N=Nc2ccccc2)c1. The molecule has 2 nitrogen and oxygen atoms in total. The average molecular weight is 224 g/mol. The van der Waals surface area contributed by atoms with Crippen molar-refractivity contribution in [3.8, 4) is 0 Å². The fourth-order valence-electron chi connectivity index (χ4n) is 1.56. The van der Waals surface area contributed by atoms with Gasteiger partial charge in [-0.2, -0.15) is 10.2 Å². The maximum atomic E-state index is 4.24. The van der Waals surface area contributed by atoms with Gasteiger partial charge in [0.25, 0.3) is 0 Å². The van der Waals surface area contributed by atoms with E-state index in [4.69, 9.17) is 0 Å². The van der Waals surface area contributed by atoms with Crippen molar-refractivity contribution in [2.45, 2.75) is 19.8 Å². The van der Waals surface area contributed by atoms with Crippen molar-refractivity contribution in [2.24, 2.45) is 10.2 Å². The van der Waals surface area contributed by atoms with Crippen LogP contribution in [0.1, 0.15) is 25.3 Å². The number of hydrogen-bond acceptors (Lipinski definition) is 2. The molecule has 0 aliphatic rings. The van der Waals surface area contributed by atoms with Crippen LogP contribution in [-0.2, 0) is 0 Å². The minimum Gasteiger partial charge on any atom is -0.151 e. The molecule has 0 saturated carbocycles. The molecule has 0 spiro atoms. The molecular formula is C15H16N2. The number of azo groups is 1. The zero-order valence-electron chi connectivity index (χ0n) is 10.2. The van der Waals surface area contributed by atoms with E-state index in [1.807, 2.05) is 42.5 Å². The topological polar surface area (TPSA) is 24.7 Å². The zero-order chi connectivity index (χ0) is 12.1. The fraction of sp³-hybridized carbons (Fsp3) is 0.200. The second kappa shape index (κ2) is 5.39. The largest absolute Gasteiger partial charge is 0.151 e. The van der Waals surface area contributed by atoms with Crippen LogP contribution in [0.4, 0.5) is 11.4 Å². The summed E-state index contributed by atoms with van der Waals surface area (Å²) in [6.07, 6.45) is 0. The quantitative estimate of drug-likeness (QED) is 0.638. The van der Waals surface area contributed by atoms with Crippen LogP contribution in [0.25, 0.3) is 0 Å². The average Bonchev–Trinajstić information content (AvgIpc) is 2.38. The number of hydrogen-bond donors (Lipinski definition) is 0.